The van der Waals surface area contributed by atoms with Gasteiger partial charge in [-0.25, -0.2) is 0 Å². The quantitative estimate of drug-likeness (QED) is 0.800. The highest BCUT2D eigenvalue weighted by molar-refractivity contribution is 9.10. The van der Waals surface area contributed by atoms with Crippen LogP contribution in [0.3, 0.4) is 0 Å². The third-order valence-electron chi connectivity index (χ3n) is 3.06. The van der Waals surface area contributed by atoms with Gasteiger partial charge in [-0.1, -0.05) is 19.9 Å². The fourth-order valence-corrected chi connectivity index (χ4v) is 2.54. The van der Waals surface area contributed by atoms with Gasteiger partial charge in [-0.15, -0.1) is 0 Å². The van der Waals surface area contributed by atoms with Gasteiger partial charge in [-0.05, 0) is 40.5 Å². The highest BCUT2D eigenvalue weighted by Gasteiger charge is 2.12. The molecule has 1 rings (SSSR count). The maximum atomic E-state index is 11.5. The van der Waals surface area contributed by atoms with Gasteiger partial charge in [0.2, 0.25) is 5.91 Å². The molecule has 0 aliphatic heterocycles. The molecule has 0 aromatic heterocycles. The lowest BCUT2D eigenvalue weighted by molar-refractivity contribution is -0.119. The highest BCUT2D eigenvalue weighted by Crippen LogP contribution is 2.27. The van der Waals surface area contributed by atoms with Crippen LogP contribution in [0.15, 0.2) is 22.7 Å². The number of benzene rings is 1. The number of nitrogens with zero attached hydrogens (tertiary/aromatic N) is 1. The lowest BCUT2D eigenvalue weighted by atomic mass is 10.2. The molecule has 5 heteroatoms. The molecular weight excluding hydrogens is 318 g/mol. The van der Waals surface area contributed by atoms with Crippen LogP contribution in [0, 0.1) is 0 Å². The molecule has 0 aliphatic rings. The van der Waals surface area contributed by atoms with Gasteiger partial charge in [0, 0.05) is 30.7 Å². The van der Waals surface area contributed by atoms with E-state index >= 15 is 0 Å². The molecule has 0 radical (unpaired) electrons. The van der Waals surface area contributed by atoms with Gasteiger partial charge in [0.05, 0.1) is 12.2 Å². The molecule has 20 heavy (non-hydrogen) atoms. The number of likely N-dealkylation sites (N-methyl/N-ethyl adjacent to an activating group) is 2. The fourth-order valence-electron chi connectivity index (χ4n) is 1.86. The summed E-state index contributed by atoms with van der Waals surface area (Å²) >= 11 is 3.61. The summed E-state index contributed by atoms with van der Waals surface area (Å²) in [5.41, 5.74) is 2.27. The van der Waals surface area contributed by atoms with Gasteiger partial charge in [0.25, 0.3) is 0 Å². The average Bonchev–Trinajstić information content (AvgIpc) is 2.42. The molecule has 0 saturated heterocycles. The summed E-state index contributed by atoms with van der Waals surface area (Å²) in [5.74, 6) is 0.0179. The van der Waals surface area contributed by atoms with Crippen molar-refractivity contribution in [3.8, 4) is 0 Å². The van der Waals surface area contributed by atoms with E-state index in [1.807, 2.05) is 11.8 Å². The van der Waals surface area contributed by atoms with Crippen molar-refractivity contribution in [2.45, 2.75) is 33.4 Å². The Morgan fingerprint density at radius 1 is 1.40 bits per heavy atom. The van der Waals surface area contributed by atoms with Crippen LogP contribution in [0.25, 0.3) is 0 Å². The van der Waals surface area contributed by atoms with Gasteiger partial charge in [0.1, 0.15) is 0 Å². The minimum atomic E-state index is 0.0179. The van der Waals surface area contributed by atoms with E-state index in [-0.39, 0.29) is 5.91 Å². The largest absolute Gasteiger partial charge is 0.362 e. The SMILES string of the molecule is CCN(CC(=O)NC)c1ccc(CNC(C)C)cc1Br. The Labute approximate surface area is 130 Å². The third-order valence-corrected chi connectivity index (χ3v) is 3.70. The topological polar surface area (TPSA) is 44.4 Å². The lowest BCUT2D eigenvalue weighted by Crippen LogP contribution is -2.35. The van der Waals surface area contributed by atoms with Gasteiger partial charge >= 0.3 is 0 Å². The van der Waals surface area contributed by atoms with Crippen LogP contribution in [0.1, 0.15) is 26.3 Å². The molecule has 2 N–H and O–H groups in total. The number of amides is 1. The molecule has 112 valence electrons. The van der Waals surface area contributed by atoms with E-state index in [1.165, 1.54) is 5.56 Å². The Hall–Kier alpha value is -1.07. The summed E-state index contributed by atoms with van der Waals surface area (Å²) in [5, 5.41) is 6.05. The van der Waals surface area contributed by atoms with Crippen LogP contribution in [0.2, 0.25) is 0 Å². The van der Waals surface area contributed by atoms with E-state index in [1.54, 1.807) is 7.05 Å². The van der Waals surface area contributed by atoms with E-state index in [0.29, 0.717) is 12.6 Å². The van der Waals surface area contributed by atoms with E-state index in [0.717, 1.165) is 23.2 Å². The van der Waals surface area contributed by atoms with Crippen LogP contribution in [0.5, 0.6) is 0 Å². The minimum absolute atomic E-state index is 0.0179. The second kappa shape index (κ2) is 8.27. The minimum Gasteiger partial charge on any atom is -0.362 e. The van der Waals surface area contributed by atoms with Crippen molar-refractivity contribution in [2.24, 2.45) is 0 Å². The zero-order chi connectivity index (χ0) is 15.1. The second-order valence-electron chi connectivity index (χ2n) is 5.01. The summed E-state index contributed by atoms with van der Waals surface area (Å²) in [7, 11) is 1.66. The first-order valence-corrected chi connectivity index (χ1v) is 7.74. The normalized spacial score (nSPS) is 10.7. The molecule has 0 fully saturated rings. The smallest absolute Gasteiger partial charge is 0.239 e. The van der Waals surface area contributed by atoms with Gasteiger partial charge in [-0.2, -0.15) is 0 Å². The molecule has 1 aromatic rings. The summed E-state index contributed by atoms with van der Waals surface area (Å²) < 4.78 is 1.02. The molecule has 1 aromatic carbocycles. The van der Waals surface area contributed by atoms with E-state index in [9.17, 15) is 4.79 Å². The molecular formula is C15H24BrN3O. The number of rotatable bonds is 7. The van der Waals surface area contributed by atoms with E-state index in [2.05, 4.69) is 58.6 Å². The maximum Gasteiger partial charge on any atom is 0.239 e. The first kappa shape index (κ1) is 17.0. The first-order chi connectivity index (χ1) is 9.47. The number of nitrogens with one attached hydrogen (secondary N) is 2. The molecule has 0 heterocycles. The molecule has 0 bridgehead atoms. The molecule has 4 nitrogen and oxygen atoms in total. The summed E-state index contributed by atoms with van der Waals surface area (Å²) in [4.78, 5) is 13.6. The first-order valence-electron chi connectivity index (χ1n) is 6.95. The summed E-state index contributed by atoms with van der Waals surface area (Å²) in [6.45, 7) is 8.31. The number of halogens is 1. The van der Waals surface area contributed by atoms with Gasteiger partial charge in [0.15, 0.2) is 0 Å². The Morgan fingerprint density at radius 2 is 2.10 bits per heavy atom. The van der Waals surface area contributed by atoms with E-state index < -0.39 is 0 Å². The predicted molar refractivity (Wildman–Crippen MR) is 88.1 cm³/mol. The van der Waals surface area contributed by atoms with E-state index in [4.69, 9.17) is 0 Å². The number of carbonyl (C=O) groups excluding carboxylic acids is 1. The standard InChI is InChI=1S/C15H24BrN3O/c1-5-19(10-15(20)17-4)14-7-6-12(8-13(14)16)9-18-11(2)3/h6-8,11,18H,5,9-10H2,1-4H3,(H,17,20). The Balaban J connectivity index is 2.82. The molecule has 1 amide bonds. The van der Waals surface area contributed by atoms with Crippen molar-refractivity contribution in [1.29, 1.82) is 0 Å². The zero-order valence-electron chi connectivity index (χ0n) is 12.7. The number of carbonyl (C=O) groups is 1. The van der Waals surface area contributed by atoms with Crippen molar-refractivity contribution >= 4 is 27.5 Å². The van der Waals surface area contributed by atoms with Crippen LogP contribution in [-0.2, 0) is 11.3 Å². The summed E-state index contributed by atoms with van der Waals surface area (Å²) in [6.07, 6.45) is 0. The Morgan fingerprint density at radius 3 is 2.60 bits per heavy atom. The Bertz CT molecular complexity index is 449. The lowest BCUT2D eigenvalue weighted by Gasteiger charge is -2.24. The molecule has 0 aliphatic carbocycles. The van der Waals surface area contributed by atoms with Crippen molar-refractivity contribution in [3.05, 3.63) is 28.2 Å². The molecule has 0 unspecified atom stereocenters. The third kappa shape index (κ3) is 5.13. The highest BCUT2D eigenvalue weighted by atomic mass is 79.9. The predicted octanol–water partition coefficient (Wildman–Crippen LogP) is 2.52. The number of hydrogen-bond donors (Lipinski definition) is 2. The van der Waals surface area contributed by atoms with Crippen molar-refractivity contribution in [2.75, 3.05) is 25.0 Å². The van der Waals surface area contributed by atoms with Crippen LogP contribution < -0.4 is 15.5 Å². The summed E-state index contributed by atoms with van der Waals surface area (Å²) in [6, 6.07) is 6.74. The van der Waals surface area contributed by atoms with Gasteiger partial charge in [-0.3, -0.25) is 4.79 Å². The van der Waals surface area contributed by atoms with Crippen molar-refractivity contribution in [3.63, 3.8) is 0 Å². The Kier molecular flexibility index (Phi) is 7.02. The second-order valence-corrected chi connectivity index (χ2v) is 5.86. The zero-order valence-corrected chi connectivity index (χ0v) is 14.3. The number of hydrogen-bond acceptors (Lipinski definition) is 3. The molecule has 0 spiro atoms. The number of anilines is 1. The van der Waals surface area contributed by atoms with Gasteiger partial charge < -0.3 is 15.5 Å². The van der Waals surface area contributed by atoms with Crippen molar-refractivity contribution in [1.82, 2.24) is 10.6 Å². The average molecular weight is 342 g/mol. The van der Waals surface area contributed by atoms with Crippen molar-refractivity contribution < 1.29 is 4.79 Å². The molecule has 0 atom stereocenters. The fraction of sp³-hybridized carbons (Fsp3) is 0.533. The molecule has 0 saturated carbocycles. The monoisotopic (exact) mass is 341 g/mol. The van der Waals surface area contributed by atoms with Crippen LogP contribution in [0.4, 0.5) is 5.69 Å². The van der Waals surface area contributed by atoms with Crippen LogP contribution in [-0.4, -0.2) is 32.1 Å². The maximum absolute atomic E-state index is 11.5. The van der Waals surface area contributed by atoms with Crippen LogP contribution >= 0.6 is 15.9 Å².